The third kappa shape index (κ3) is 1.40. The predicted molar refractivity (Wildman–Crippen MR) is 67.1 cm³/mol. The summed E-state index contributed by atoms with van der Waals surface area (Å²) in [5.74, 6) is -0.377. The number of esters is 1. The first-order valence-corrected chi connectivity index (χ1v) is 5.74. The molecule has 3 rings (SSSR count). The molecule has 0 atom stereocenters. The minimum atomic E-state index is -0.377. The lowest BCUT2D eigenvalue weighted by Gasteiger charge is -2.21. The van der Waals surface area contributed by atoms with Gasteiger partial charge in [0, 0.05) is 24.0 Å². The monoisotopic (exact) mass is 243 g/mol. The highest BCUT2D eigenvalue weighted by atomic mass is 16.5. The molecule has 2 heterocycles. The van der Waals surface area contributed by atoms with Crippen molar-refractivity contribution in [1.82, 2.24) is 9.78 Å². The van der Waals surface area contributed by atoms with Crippen molar-refractivity contribution in [1.29, 1.82) is 0 Å². The van der Waals surface area contributed by atoms with Crippen LogP contribution in [0.25, 0.3) is 11.3 Å². The number of methoxy groups -OCH3 is 1. The van der Waals surface area contributed by atoms with Crippen molar-refractivity contribution in [3.8, 4) is 11.3 Å². The molecular weight excluding hydrogens is 230 g/mol. The summed E-state index contributed by atoms with van der Waals surface area (Å²) in [5, 5.41) is 4.24. The van der Waals surface area contributed by atoms with E-state index in [2.05, 4.69) is 5.10 Å². The summed E-state index contributed by atoms with van der Waals surface area (Å²) in [5.41, 5.74) is 9.82. The molecule has 2 N–H and O–H groups in total. The van der Waals surface area contributed by atoms with Crippen molar-refractivity contribution < 1.29 is 9.53 Å². The Morgan fingerprint density at radius 1 is 1.44 bits per heavy atom. The summed E-state index contributed by atoms with van der Waals surface area (Å²) < 4.78 is 6.74. The van der Waals surface area contributed by atoms with E-state index >= 15 is 0 Å². The summed E-state index contributed by atoms with van der Waals surface area (Å²) in [6, 6.07) is 5.62. The Morgan fingerprint density at radius 3 is 3.06 bits per heavy atom. The topological polar surface area (TPSA) is 70.1 Å². The number of rotatable bonds is 1. The van der Waals surface area contributed by atoms with E-state index < -0.39 is 0 Å². The molecule has 1 aromatic heterocycles. The first-order valence-electron chi connectivity index (χ1n) is 5.74. The zero-order valence-electron chi connectivity index (χ0n) is 10.0. The first kappa shape index (κ1) is 10.8. The van der Waals surface area contributed by atoms with Crippen LogP contribution in [0.4, 0.5) is 5.69 Å². The van der Waals surface area contributed by atoms with E-state index in [0.29, 0.717) is 11.3 Å². The Bertz CT molecular complexity index is 631. The van der Waals surface area contributed by atoms with Crippen molar-refractivity contribution in [3.63, 3.8) is 0 Å². The normalized spacial score (nSPS) is 12.7. The van der Waals surface area contributed by atoms with E-state index in [-0.39, 0.29) is 5.97 Å². The van der Waals surface area contributed by atoms with Gasteiger partial charge < -0.3 is 10.5 Å². The summed E-state index contributed by atoms with van der Waals surface area (Å²) in [6.07, 6.45) is 2.50. The van der Waals surface area contributed by atoms with Crippen molar-refractivity contribution in [2.45, 2.75) is 13.0 Å². The second-order valence-corrected chi connectivity index (χ2v) is 4.24. The maximum atomic E-state index is 11.8. The Labute approximate surface area is 104 Å². The molecule has 0 saturated heterocycles. The molecule has 92 valence electrons. The Morgan fingerprint density at radius 2 is 2.28 bits per heavy atom. The molecule has 0 bridgehead atoms. The van der Waals surface area contributed by atoms with E-state index in [1.165, 1.54) is 7.11 Å². The highest BCUT2D eigenvalue weighted by molar-refractivity contribution is 5.99. The second-order valence-electron chi connectivity index (χ2n) is 4.24. The molecular formula is C13H13N3O2. The van der Waals surface area contributed by atoms with E-state index in [1.807, 2.05) is 16.8 Å². The largest absolute Gasteiger partial charge is 0.465 e. The molecule has 0 fully saturated rings. The van der Waals surface area contributed by atoms with Gasteiger partial charge >= 0.3 is 5.97 Å². The predicted octanol–water partition coefficient (Wildman–Crippen LogP) is 1.48. The lowest BCUT2D eigenvalue weighted by molar-refractivity contribution is 0.0600. The molecule has 0 saturated carbocycles. The number of fused-ring (bicyclic) bond motifs is 3. The van der Waals surface area contributed by atoms with Crippen molar-refractivity contribution >= 4 is 11.7 Å². The van der Waals surface area contributed by atoms with Gasteiger partial charge in [-0.2, -0.15) is 5.10 Å². The standard InChI is InChI=1S/C13H13N3O2/c1-18-13(17)12-9-5-7-16-11(4-6-15-16)8(9)2-3-10(12)14/h2-4,6H,5,7,14H2,1H3. The van der Waals surface area contributed by atoms with Crippen LogP contribution in [-0.4, -0.2) is 22.9 Å². The summed E-state index contributed by atoms with van der Waals surface area (Å²) >= 11 is 0. The maximum absolute atomic E-state index is 11.8. The Hall–Kier alpha value is -2.30. The van der Waals surface area contributed by atoms with Gasteiger partial charge in [0.1, 0.15) is 0 Å². The van der Waals surface area contributed by atoms with Gasteiger partial charge in [-0.05, 0) is 24.1 Å². The summed E-state index contributed by atoms with van der Waals surface area (Å²) in [7, 11) is 1.37. The van der Waals surface area contributed by atoms with Crippen LogP contribution in [0.3, 0.4) is 0 Å². The van der Waals surface area contributed by atoms with Gasteiger partial charge in [-0.15, -0.1) is 0 Å². The average molecular weight is 243 g/mol. The number of ether oxygens (including phenoxy) is 1. The van der Waals surface area contributed by atoms with Crippen LogP contribution in [0.2, 0.25) is 0 Å². The molecule has 1 aliphatic heterocycles. The highest BCUT2D eigenvalue weighted by Crippen LogP contribution is 2.33. The zero-order chi connectivity index (χ0) is 12.7. The van der Waals surface area contributed by atoms with E-state index in [1.54, 1.807) is 12.3 Å². The molecule has 5 heteroatoms. The number of hydrogen-bond donors (Lipinski definition) is 1. The second kappa shape index (κ2) is 3.87. The quantitative estimate of drug-likeness (QED) is 0.608. The lowest BCUT2D eigenvalue weighted by atomic mass is 9.92. The molecule has 0 amide bonds. The molecule has 0 spiro atoms. The molecule has 5 nitrogen and oxygen atoms in total. The van der Waals surface area contributed by atoms with Gasteiger partial charge in [0.2, 0.25) is 0 Å². The van der Waals surface area contributed by atoms with Gasteiger partial charge in [-0.25, -0.2) is 4.79 Å². The molecule has 2 aromatic rings. The van der Waals surface area contributed by atoms with Gasteiger partial charge in [0.25, 0.3) is 0 Å². The van der Waals surface area contributed by atoms with Gasteiger partial charge in [-0.3, -0.25) is 4.68 Å². The molecule has 0 radical (unpaired) electrons. The average Bonchev–Trinajstić information content (AvgIpc) is 2.86. The first-order chi connectivity index (χ1) is 8.72. The minimum Gasteiger partial charge on any atom is -0.465 e. The van der Waals surface area contributed by atoms with Crippen molar-refractivity contribution in [2.75, 3.05) is 12.8 Å². The van der Waals surface area contributed by atoms with Crippen LogP contribution in [-0.2, 0) is 17.7 Å². The molecule has 18 heavy (non-hydrogen) atoms. The molecule has 1 aromatic carbocycles. The van der Waals surface area contributed by atoms with Crippen LogP contribution in [0, 0.1) is 0 Å². The fourth-order valence-electron chi connectivity index (χ4n) is 2.47. The minimum absolute atomic E-state index is 0.377. The van der Waals surface area contributed by atoms with Crippen molar-refractivity contribution in [3.05, 3.63) is 35.5 Å². The summed E-state index contributed by atoms with van der Waals surface area (Å²) in [4.78, 5) is 11.8. The third-order valence-corrected chi connectivity index (χ3v) is 3.30. The van der Waals surface area contributed by atoms with Gasteiger partial charge in [-0.1, -0.05) is 6.07 Å². The fraction of sp³-hybridized carbons (Fsp3) is 0.231. The maximum Gasteiger partial charge on any atom is 0.340 e. The van der Waals surface area contributed by atoms with Crippen molar-refractivity contribution in [2.24, 2.45) is 0 Å². The SMILES string of the molecule is COC(=O)c1c(N)ccc2c1CCn1nccc1-2. The number of nitrogen functional groups attached to an aromatic ring is 1. The number of benzene rings is 1. The molecule has 0 aliphatic carbocycles. The van der Waals surface area contributed by atoms with E-state index in [4.69, 9.17) is 10.5 Å². The van der Waals surface area contributed by atoms with Crippen LogP contribution >= 0.6 is 0 Å². The molecule has 1 aliphatic rings. The van der Waals surface area contributed by atoms with Crippen LogP contribution in [0.5, 0.6) is 0 Å². The third-order valence-electron chi connectivity index (χ3n) is 3.30. The van der Waals surface area contributed by atoms with Gasteiger partial charge in [0.15, 0.2) is 0 Å². The number of nitrogens with zero attached hydrogens (tertiary/aromatic N) is 2. The lowest BCUT2D eigenvalue weighted by Crippen LogP contribution is -2.17. The van der Waals surface area contributed by atoms with Crippen LogP contribution in [0.1, 0.15) is 15.9 Å². The smallest absolute Gasteiger partial charge is 0.340 e. The number of nitrogens with two attached hydrogens (primary N) is 1. The Balaban J connectivity index is 2.26. The number of carbonyl (C=O) groups excluding carboxylic acids is 1. The van der Waals surface area contributed by atoms with Crippen LogP contribution in [0.15, 0.2) is 24.4 Å². The van der Waals surface area contributed by atoms with Crippen LogP contribution < -0.4 is 5.73 Å². The fourth-order valence-corrected chi connectivity index (χ4v) is 2.47. The van der Waals surface area contributed by atoms with E-state index in [0.717, 1.165) is 29.8 Å². The number of carbonyl (C=O) groups is 1. The number of anilines is 1. The molecule has 0 unspecified atom stereocenters. The Kier molecular flexibility index (Phi) is 2.33. The van der Waals surface area contributed by atoms with E-state index in [9.17, 15) is 4.79 Å². The highest BCUT2D eigenvalue weighted by Gasteiger charge is 2.24. The zero-order valence-corrected chi connectivity index (χ0v) is 10.0. The number of hydrogen-bond acceptors (Lipinski definition) is 4. The van der Waals surface area contributed by atoms with Gasteiger partial charge in [0.05, 0.1) is 18.4 Å². The number of aromatic nitrogens is 2. The summed E-state index contributed by atoms with van der Waals surface area (Å²) in [6.45, 7) is 0.753. The number of aryl methyl sites for hydroxylation is 1.